The molecule has 1 aromatic heterocycles. The van der Waals surface area contributed by atoms with Crippen molar-refractivity contribution in [3.05, 3.63) is 53.5 Å². The lowest BCUT2D eigenvalue weighted by Crippen LogP contribution is -2.37. The van der Waals surface area contributed by atoms with Crippen LogP contribution in [-0.2, 0) is 10.0 Å². The van der Waals surface area contributed by atoms with Crippen LogP contribution in [0.1, 0.15) is 59.8 Å². The summed E-state index contributed by atoms with van der Waals surface area (Å²) < 4.78 is 33.2. The third-order valence-electron chi connectivity index (χ3n) is 6.32. The molecule has 0 bridgehead atoms. The highest BCUT2D eigenvalue weighted by Gasteiger charge is 2.28. The van der Waals surface area contributed by atoms with Crippen molar-refractivity contribution in [1.29, 1.82) is 0 Å². The lowest BCUT2D eigenvalue weighted by molar-refractivity contribution is 0.0933. The second-order valence-electron chi connectivity index (χ2n) is 8.43. The highest BCUT2D eigenvalue weighted by Crippen LogP contribution is 2.26. The minimum absolute atomic E-state index is 0.0259. The molecule has 1 atom stereocenters. The zero-order valence-corrected chi connectivity index (χ0v) is 18.9. The summed E-state index contributed by atoms with van der Waals surface area (Å²) in [4.78, 5) is 15.6. The fourth-order valence-corrected chi connectivity index (χ4v) is 6.03. The standard InChI is InChI=1S/C23H31N3O4S/c1-18-9-10-19(31(28,29)26-13-3-2-4-14-26)16-20(18)23(27)24-17-21(22-8-7-15-30-22)25-11-5-6-12-25/h7-10,15-16,21H,2-6,11-14,17H2,1H3,(H,24,27)/t21-/m0/s1. The first-order valence-electron chi connectivity index (χ1n) is 11.1. The maximum Gasteiger partial charge on any atom is 0.251 e. The number of furan rings is 1. The van der Waals surface area contributed by atoms with Crippen molar-refractivity contribution in [2.45, 2.75) is 50.0 Å². The summed E-state index contributed by atoms with van der Waals surface area (Å²) >= 11 is 0. The number of amides is 1. The van der Waals surface area contributed by atoms with Crippen molar-refractivity contribution in [2.24, 2.45) is 0 Å². The summed E-state index contributed by atoms with van der Waals surface area (Å²) in [5.41, 5.74) is 1.16. The predicted molar refractivity (Wildman–Crippen MR) is 118 cm³/mol. The Labute approximate surface area is 184 Å². The lowest BCUT2D eigenvalue weighted by atomic mass is 10.1. The van der Waals surface area contributed by atoms with E-state index in [1.807, 2.05) is 19.1 Å². The lowest BCUT2D eigenvalue weighted by Gasteiger charge is -2.27. The quantitative estimate of drug-likeness (QED) is 0.707. The van der Waals surface area contributed by atoms with E-state index in [0.29, 0.717) is 25.2 Å². The highest BCUT2D eigenvalue weighted by molar-refractivity contribution is 7.89. The average molecular weight is 446 g/mol. The van der Waals surface area contributed by atoms with Gasteiger partial charge in [0, 0.05) is 25.2 Å². The maximum absolute atomic E-state index is 13.0. The van der Waals surface area contributed by atoms with Gasteiger partial charge in [0.05, 0.1) is 17.2 Å². The summed E-state index contributed by atoms with van der Waals surface area (Å²) in [6.07, 6.45) is 6.74. The molecule has 4 rings (SSSR count). The van der Waals surface area contributed by atoms with Gasteiger partial charge in [-0.3, -0.25) is 9.69 Å². The van der Waals surface area contributed by atoms with E-state index >= 15 is 0 Å². The van der Waals surface area contributed by atoms with Crippen LogP contribution in [0.3, 0.4) is 0 Å². The van der Waals surface area contributed by atoms with E-state index in [2.05, 4.69) is 10.2 Å². The molecule has 2 aliphatic heterocycles. The first-order valence-corrected chi connectivity index (χ1v) is 12.6. The van der Waals surface area contributed by atoms with Crippen LogP contribution in [0.2, 0.25) is 0 Å². The van der Waals surface area contributed by atoms with Gasteiger partial charge in [-0.25, -0.2) is 8.42 Å². The minimum atomic E-state index is -3.58. The minimum Gasteiger partial charge on any atom is -0.468 e. The molecule has 0 saturated carbocycles. The molecule has 2 saturated heterocycles. The van der Waals surface area contributed by atoms with Crippen LogP contribution in [0.15, 0.2) is 45.9 Å². The van der Waals surface area contributed by atoms with Crippen LogP contribution >= 0.6 is 0 Å². The second-order valence-corrected chi connectivity index (χ2v) is 10.4. The topological polar surface area (TPSA) is 82.9 Å². The van der Waals surface area contributed by atoms with E-state index in [-0.39, 0.29) is 16.8 Å². The number of carbonyl (C=O) groups excluding carboxylic acids is 1. The first kappa shape index (κ1) is 22.0. The zero-order valence-electron chi connectivity index (χ0n) is 18.0. The summed E-state index contributed by atoms with van der Waals surface area (Å²) in [6.45, 7) is 5.27. The monoisotopic (exact) mass is 445 g/mol. The fourth-order valence-electron chi connectivity index (χ4n) is 4.49. The van der Waals surface area contributed by atoms with E-state index in [0.717, 1.165) is 56.5 Å². The number of hydrogen-bond donors (Lipinski definition) is 1. The molecule has 0 unspecified atom stereocenters. The predicted octanol–water partition coefficient (Wildman–Crippen LogP) is 3.33. The van der Waals surface area contributed by atoms with Crippen LogP contribution in [0.4, 0.5) is 0 Å². The molecule has 168 valence electrons. The van der Waals surface area contributed by atoms with Gasteiger partial charge < -0.3 is 9.73 Å². The Morgan fingerprint density at radius 1 is 1.06 bits per heavy atom. The molecule has 1 aromatic carbocycles. The Balaban J connectivity index is 1.51. The molecule has 1 amide bonds. The van der Waals surface area contributed by atoms with E-state index in [1.165, 1.54) is 10.4 Å². The van der Waals surface area contributed by atoms with Gasteiger partial charge in [-0.2, -0.15) is 4.31 Å². The number of nitrogens with zero attached hydrogens (tertiary/aromatic N) is 2. The summed E-state index contributed by atoms with van der Waals surface area (Å²) in [5.74, 6) is 0.573. The number of rotatable bonds is 7. The molecule has 31 heavy (non-hydrogen) atoms. The summed E-state index contributed by atoms with van der Waals surface area (Å²) in [7, 11) is -3.58. The molecule has 2 fully saturated rings. The molecular weight excluding hydrogens is 414 g/mol. The van der Waals surface area contributed by atoms with Crippen LogP contribution in [-0.4, -0.2) is 56.3 Å². The number of sulfonamides is 1. The molecule has 7 nitrogen and oxygen atoms in total. The van der Waals surface area contributed by atoms with E-state index in [4.69, 9.17) is 4.42 Å². The molecule has 0 aliphatic carbocycles. The van der Waals surface area contributed by atoms with Gasteiger partial charge in [-0.05, 0) is 75.5 Å². The maximum atomic E-state index is 13.0. The number of nitrogens with one attached hydrogen (secondary N) is 1. The SMILES string of the molecule is Cc1ccc(S(=O)(=O)N2CCCCC2)cc1C(=O)NC[C@@H](c1ccco1)N1CCCC1. The summed E-state index contributed by atoms with van der Waals surface area (Å²) in [5, 5.41) is 3.01. The van der Waals surface area contributed by atoms with Crippen LogP contribution in [0.25, 0.3) is 0 Å². The largest absolute Gasteiger partial charge is 0.468 e. The van der Waals surface area contributed by atoms with Crippen molar-refractivity contribution >= 4 is 15.9 Å². The van der Waals surface area contributed by atoms with Gasteiger partial charge in [0.1, 0.15) is 5.76 Å². The molecule has 0 spiro atoms. The van der Waals surface area contributed by atoms with Gasteiger partial charge in [0.25, 0.3) is 5.91 Å². The van der Waals surface area contributed by atoms with Crippen LogP contribution in [0.5, 0.6) is 0 Å². The van der Waals surface area contributed by atoms with Crippen LogP contribution in [0, 0.1) is 6.92 Å². The molecular formula is C23H31N3O4S. The zero-order chi connectivity index (χ0) is 21.8. The van der Waals surface area contributed by atoms with E-state index < -0.39 is 10.0 Å². The van der Waals surface area contributed by atoms with Gasteiger partial charge in [0.2, 0.25) is 10.0 Å². The summed E-state index contributed by atoms with van der Waals surface area (Å²) in [6, 6.07) is 8.61. The third-order valence-corrected chi connectivity index (χ3v) is 8.21. The van der Waals surface area contributed by atoms with Crippen molar-refractivity contribution in [1.82, 2.24) is 14.5 Å². The Morgan fingerprint density at radius 3 is 2.45 bits per heavy atom. The number of benzene rings is 1. The molecule has 3 heterocycles. The Hall–Kier alpha value is -2.16. The second kappa shape index (κ2) is 9.54. The number of aryl methyl sites for hydroxylation is 1. The Kier molecular flexibility index (Phi) is 6.79. The molecule has 8 heteroatoms. The van der Waals surface area contributed by atoms with Crippen molar-refractivity contribution in [2.75, 3.05) is 32.7 Å². The van der Waals surface area contributed by atoms with E-state index in [1.54, 1.807) is 18.4 Å². The van der Waals surface area contributed by atoms with Gasteiger partial charge in [0.15, 0.2) is 0 Å². The smallest absolute Gasteiger partial charge is 0.251 e. The molecule has 2 aromatic rings. The molecule has 1 N–H and O–H groups in total. The van der Waals surface area contributed by atoms with Crippen LogP contribution < -0.4 is 5.32 Å². The Bertz CT molecular complexity index is 992. The van der Waals surface area contributed by atoms with Crippen molar-refractivity contribution in [3.8, 4) is 0 Å². The number of likely N-dealkylation sites (tertiary alicyclic amines) is 1. The molecule has 2 aliphatic rings. The number of piperidine rings is 1. The third kappa shape index (κ3) is 4.86. The van der Waals surface area contributed by atoms with Crippen molar-refractivity contribution < 1.29 is 17.6 Å². The average Bonchev–Trinajstić information content (AvgIpc) is 3.50. The van der Waals surface area contributed by atoms with Gasteiger partial charge >= 0.3 is 0 Å². The van der Waals surface area contributed by atoms with Crippen molar-refractivity contribution in [3.63, 3.8) is 0 Å². The van der Waals surface area contributed by atoms with Gasteiger partial charge in [-0.15, -0.1) is 0 Å². The Morgan fingerprint density at radius 2 is 1.77 bits per heavy atom. The molecule has 0 radical (unpaired) electrons. The number of hydrogen-bond acceptors (Lipinski definition) is 5. The highest BCUT2D eigenvalue weighted by atomic mass is 32.2. The fraction of sp³-hybridized carbons (Fsp3) is 0.522. The van der Waals surface area contributed by atoms with Gasteiger partial charge in [-0.1, -0.05) is 12.5 Å². The normalized spacial score (nSPS) is 19.4. The number of carbonyl (C=O) groups is 1. The first-order chi connectivity index (χ1) is 15.0. The van der Waals surface area contributed by atoms with E-state index in [9.17, 15) is 13.2 Å².